The van der Waals surface area contributed by atoms with Gasteiger partial charge in [0.1, 0.15) is 35.4 Å². The van der Waals surface area contributed by atoms with E-state index in [1.165, 1.54) is 0 Å². The summed E-state index contributed by atoms with van der Waals surface area (Å²) in [5.74, 6) is 2.29. The Balaban J connectivity index is 1.49. The number of imidazole rings is 1. The maximum absolute atomic E-state index is 12.8. The van der Waals surface area contributed by atoms with Gasteiger partial charge in [0.2, 0.25) is 0 Å². The zero-order chi connectivity index (χ0) is 25.9. The van der Waals surface area contributed by atoms with E-state index in [2.05, 4.69) is 20.8 Å². The summed E-state index contributed by atoms with van der Waals surface area (Å²) >= 11 is 0. The van der Waals surface area contributed by atoms with Crippen LogP contribution >= 0.6 is 0 Å². The second-order valence-corrected chi connectivity index (χ2v) is 10.5. The lowest BCUT2D eigenvalue weighted by atomic mass is 10.0. The first-order chi connectivity index (χ1) is 17.7. The molecule has 3 aromatic heterocycles. The first kappa shape index (κ1) is 23.3. The number of aromatic nitrogens is 4. The van der Waals surface area contributed by atoms with Crippen LogP contribution in [0.15, 0.2) is 47.1 Å². The molecule has 4 aromatic rings. The minimum atomic E-state index is -0.557. The van der Waals surface area contributed by atoms with E-state index in [4.69, 9.17) is 19.0 Å². The number of hydrogen-bond acceptors (Lipinski definition) is 7. The van der Waals surface area contributed by atoms with Gasteiger partial charge in [-0.3, -0.25) is 4.98 Å². The number of amides is 1. The average Bonchev–Trinajstić information content (AvgIpc) is 3.58. The Kier molecular flexibility index (Phi) is 5.33. The summed E-state index contributed by atoms with van der Waals surface area (Å²) in [5.41, 5.74) is 5.67. The SMILES string of the molecule is Cc1noc(C)c1-c1ccc2nc(C3=CCN(C(=O)OC(C)(C)C)C3)n3c2c1OC[C@@H]3c1ccccn1. The van der Waals surface area contributed by atoms with Gasteiger partial charge >= 0.3 is 6.09 Å². The van der Waals surface area contributed by atoms with E-state index in [1.807, 2.05) is 65.0 Å². The minimum absolute atomic E-state index is 0.176. The fourth-order valence-corrected chi connectivity index (χ4v) is 5.11. The van der Waals surface area contributed by atoms with E-state index in [0.29, 0.717) is 19.7 Å². The molecule has 9 heteroatoms. The quantitative estimate of drug-likeness (QED) is 0.376. The van der Waals surface area contributed by atoms with Gasteiger partial charge in [0.15, 0.2) is 5.75 Å². The molecule has 0 bridgehead atoms. The second kappa shape index (κ2) is 8.47. The van der Waals surface area contributed by atoms with Gasteiger partial charge in [0.05, 0.1) is 29.0 Å². The zero-order valence-corrected chi connectivity index (χ0v) is 21.6. The van der Waals surface area contributed by atoms with E-state index in [9.17, 15) is 4.79 Å². The summed E-state index contributed by atoms with van der Waals surface area (Å²) in [7, 11) is 0. The lowest BCUT2D eigenvalue weighted by Gasteiger charge is -2.28. The van der Waals surface area contributed by atoms with Gasteiger partial charge in [-0.15, -0.1) is 0 Å². The van der Waals surface area contributed by atoms with Crippen molar-refractivity contribution in [3.63, 3.8) is 0 Å². The molecule has 0 radical (unpaired) electrons. The molecule has 190 valence electrons. The van der Waals surface area contributed by atoms with Crippen molar-refractivity contribution in [2.75, 3.05) is 19.7 Å². The molecule has 0 N–H and O–H groups in total. The van der Waals surface area contributed by atoms with E-state index in [-0.39, 0.29) is 12.1 Å². The van der Waals surface area contributed by atoms with Crippen molar-refractivity contribution in [1.29, 1.82) is 0 Å². The number of rotatable bonds is 3. The molecule has 0 unspecified atom stereocenters. The normalized spacial score (nSPS) is 17.2. The molecular formula is C28H29N5O4. The topological polar surface area (TPSA) is 95.5 Å². The molecule has 6 rings (SSSR count). The number of carbonyl (C=O) groups is 1. The van der Waals surface area contributed by atoms with Crippen LogP contribution in [0.3, 0.4) is 0 Å². The highest BCUT2D eigenvalue weighted by molar-refractivity contribution is 5.94. The Hall–Kier alpha value is -4.14. The molecule has 1 aromatic carbocycles. The third-order valence-electron chi connectivity index (χ3n) is 6.69. The number of aryl methyl sites for hydroxylation is 2. The fraction of sp³-hybridized carbons (Fsp3) is 0.357. The monoisotopic (exact) mass is 499 g/mol. The zero-order valence-electron chi connectivity index (χ0n) is 21.6. The summed E-state index contributed by atoms with van der Waals surface area (Å²) in [6.45, 7) is 10.7. The Morgan fingerprint density at radius 1 is 1.16 bits per heavy atom. The Bertz CT molecular complexity index is 1520. The van der Waals surface area contributed by atoms with Gasteiger partial charge in [0, 0.05) is 23.9 Å². The highest BCUT2D eigenvalue weighted by atomic mass is 16.6. The van der Waals surface area contributed by atoms with E-state index in [0.717, 1.165) is 56.5 Å². The van der Waals surface area contributed by atoms with Gasteiger partial charge in [-0.2, -0.15) is 0 Å². The van der Waals surface area contributed by atoms with Crippen LogP contribution < -0.4 is 4.74 Å². The number of carbonyl (C=O) groups excluding carboxylic acids is 1. The first-order valence-corrected chi connectivity index (χ1v) is 12.4. The molecule has 2 aliphatic heterocycles. The smallest absolute Gasteiger partial charge is 0.410 e. The molecule has 1 amide bonds. The largest absolute Gasteiger partial charge is 0.488 e. The molecule has 0 saturated carbocycles. The van der Waals surface area contributed by atoms with Crippen LogP contribution in [0.1, 0.15) is 49.8 Å². The molecule has 9 nitrogen and oxygen atoms in total. The van der Waals surface area contributed by atoms with Crippen LogP contribution in [0.5, 0.6) is 5.75 Å². The average molecular weight is 500 g/mol. The molecule has 37 heavy (non-hydrogen) atoms. The lowest BCUT2D eigenvalue weighted by molar-refractivity contribution is 0.0306. The number of ether oxygens (including phenoxy) is 2. The lowest BCUT2D eigenvalue weighted by Crippen LogP contribution is -2.35. The van der Waals surface area contributed by atoms with Crippen molar-refractivity contribution >= 4 is 22.7 Å². The van der Waals surface area contributed by atoms with Crippen LogP contribution in [0.2, 0.25) is 0 Å². The highest BCUT2D eigenvalue weighted by Gasteiger charge is 2.35. The number of hydrogen-bond donors (Lipinski definition) is 0. The Morgan fingerprint density at radius 2 is 2.00 bits per heavy atom. The molecular weight excluding hydrogens is 470 g/mol. The highest BCUT2D eigenvalue weighted by Crippen LogP contribution is 2.45. The standard InChI is InChI=1S/C28H29N5O4/c1-16-23(17(2)37-31-16)19-9-10-21-24-25(19)35-15-22(20-8-6-7-12-29-20)33(24)26(30-21)18-11-13-32(14-18)27(34)36-28(3,4)5/h6-12,22H,13-15H2,1-5H3/t22-/m1/s1. The molecule has 1 atom stereocenters. The third-order valence-corrected chi connectivity index (χ3v) is 6.69. The first-order valence-electron chi connectivity index (χ1n) is 12.4. The molecule has 0 aliphatic carbocycles. The molecule has 0 fully saturated rings. The number of pyridine rings is 1. The van der Waals surface area contributed by atoms with Crippen LogP contribution in [0, 0.1) is 13.8 Å². The molecule has 0 saturated heterocycles. The van der Waals surface area contributed by atoms with Gasteiger partial charge in [0.25, 0.3) is 0 Å². The van der Waals surface area contributed by atoms with Crippen LogP contribution in [-0.2, 0) is 4.74 Å². The van der Waals surface area contributed by atoms with Crippen molar-refractivity contribution in [3.05, 3.63) is 65.6 Å². The summed E-state index contributed by atoms with van der Waals surface area (Å²) in [6.07, 6.45) is 3.51. The van der Waals surface area contributed by atoms with Crippen LogP contribution in [0.4, 0.5) is 4.79 Å². The summed E-state index contributed by atoms with van der Waals surface area (Å²) in [6, 6.07) is 9.73. The second-order valence-electron chi connectivity index (χ2n) is 10.5. The van der Waals surface area contributed by atoms with E-state index < -0.39 is 5.60 Å². The molecule has 5 heterocycles. The number of nitrogens with zero attached hydrogens (tertiary/aromatic N) is 5. The summed E-state index contributed by atoms with van der Waals surface area (Å²) in [4.78, 5) is 24.1. The van der Waals surface area contributed by atoms with Crippen LogP contribution in [-0.4, -0.2) is 56.0 Å². The summed E-state index contributed by atoms with van der Waals surface area (Å²) in [5, 5.41) is 4.15. The minimum Gasteiger partial charge on any atom is -0.488 e. The van der Waals surface area contributed by atoms with E-state index in [1.54, 1.807) is 11.1 Å². The Labute approximate surface area is 214 Å². The van der Waals surface area contributed by atoms with Crippen molar-refractivity contribution in [2.24, 2.45) is 0 Å². The summed E-state index contributed by atoms with van der Waals surface area (Å²) < 4.78 is 19.7. The van der Waals surface area contributed by atoms with Crippen molar-refractivity contribution in [1.82, 2.24) is 24.6 Å². The Morgan fingerprint density at radius 3 is 2.70 bits per heavy atom. The van der Waals surface area contributed by atoms with Gasteiger partial charge in [-0.05, 0) is 58.9 Å². The van der Waals surface area contributed by atoms with Crippen molar-refractivity contribution in [2.45, 2.75) is 46.3 Å². The fourth-order valence-electron chi connectivity index (χ4n) is 5.11. The number of benzene rings is 1. The predicted molar refractivity (Wildman–Crippen MR) is 138 cm³/mol. The van der Waals surface area contributed by atoms with Crippen molar-refractivity contribution in [3.8, 4) is 16.9 Å². The van der Waals surface area contributed by atoms with Crippen molar-refractivity contribution < 1.29 is 18.8 Å². The van der Waals surface area contributed by atoms with Gasteiger partial charge in [-0.25, -0.2) is 9.78 Å². The molecule has 0 spiro atoms. The van der Waals surface area contributed by atoms with Gasteiger partial charge < -0.3 is 23.5 Å². The van der Waals surface area contributed by atoms with Crippen LogP contribution in [0.25, 0.3) is 27.7 Å². The van der Waals surface area contributed by atoms with Gasteiger partial charge in [-0.1, -0.05) is 17.3 Å². The maximum Gasteiger partial charge on any atom is 0.410 e. The molecule has 2 aliphatic rings. The predicted octanol–water partition coefficient (Wildman–Crippen LogP) is 5.32. The maximum atomic E-state index is 12.8. The third kappa shape index (κ3) is 3.94. The van der Waals surface area contributed by atoms with E-state index >= 15 is 0 Å².